The van der Waals surface area contributed by atoms with E-state index in [0.717, 1.165) is 0 Å². The maximum atomic E-state index is 2.24. The van der Waals surface area contributed by atoms with E-state index in [1.807, 2.05) is 6.07 Å². The van der Waals surface area contributed by atoms with Gasteiger partial charge in [0, 0.05) is 14.7 Å². The van der Waals surface area contributed by atoms with Gasteiger partial charge in [-0.05, 0) is 35.2 Å². The fraction of sp³-hybridized carbons (Fsp3) is 0. The molecule has 0 amide bonds. The Kier molecular flexibility index (Phi) is 5.41. The fourth-order valence-corrected chi connectivity index (χ4v) is 3.82. The Hall–Kier alpha value is -1.90. The van der Waals surface area contributed by atoms with Gasteiger partial charge in [-0.25, -0.2) is 0 Å². The maximum absolute atomic E-state index is 2.24. The summed E-state index contributed by atoms with van der Waals surface area (Å²) in [6.07, 6.45) is 0. The third-order valence-corrected chi connectivity index (χ3v) is 5.20. The van der Waals surface area contributed by atoms with Crippen LogP contribution in [-0.4, -0.2) is 0 Å². The highest BCUT2D eigenvalue weighted by atomic mass is 32.2. The molecule has 0 aliphatic carbocycles. The molecule has 0 unspecified atom stereocenters. The van der Waals surface area contributed by atoms with Crippen molar-refractivity contribution in [3.05, 3.63) is 102 Å². The summed E-state index contributed by atoms with van der Waals surface area (Å²) in [5, 5.41) is 2.24. The largest absolute Gasteiger partial charge is 0.0969 e. The number of hydrogen-bond donors (Lipinski definition) is 0. The molecule has 0 nitrogen and oxygen atoms in total. The molecular weight excluding hydrogens is 304 g/mol. The highest BCUT2D eigenvalue weighted by Gasteiger charge is 2.04. The Bertz CT molecular complexity index is 719. The highest BCUT2D eigenvalue weighted by molar-refractivity contribution is 8.10. The van der Waals surface area contributed by atoms with Gasteiger partial charge in [-0.2, -0.15) is 0 Å². The van der Waals surface area contributed by atoms with Crippen molar-refractivity contribution < 1.29 is 0 Å². The van der Waals surface area contributed by atoms with Crippen molar-refractivity contribution in [2.45, 2.75) is 9.79 Å². The number of rotatable bonds is 5. The molecule has 0 aliphatic heterocycles. The first-order valence-electron chi connectivity index (χ1n) is 7.12. The summed E-state index contributed by atoms with van der Waals surface area (Å²) in [4.78, 5) is 3.77. The minimum Gasteiger partial charge on any atom is -0.0969 e. The highest BCUT2D eigenvalue weighted by Crippen LogP contribution is 2.37. The number of thioether (sulfide) groups is 2. The second-order valence-electron chi connectivity index (χ2n) is 4.69. The van der Waals surface area contributed by atoms with Crippen LogP contribution >= 0.6 is 23.5 Å². The van der Waals surface area contributed by atoms with E-state index in [-0.39, 0.29) is 0 Å². The van der Waals surface area contributed by atoms with Crippen molar-refractivity contribution in [2.75, 3.05) is 0 Å². The second-order valence-corrected chi connectivity index (χ2v) is 6.75. The summed E-state index contributed by atoms with van der Waals surface area (Å²) in [6, 6.07) is 31.5. The molecule has 108 valence electrons. The lowest BCUT2D eigenvalue weighted by atomic mass is 10.2. The van der Waals surface area contributed by atoms with Gasteiger partial charge >= 0.3 is 0 Å². The molecule has 0 aromatic heterocycles. The molecular formula is C20H16S2. The van der Waals surface area contributed by atoms with Crippen LogP contribution < -0.4 is 0 Å². The zero-order valence-corrected chi connectivity index (χ0v) is 13.7. The Morgan fingerprint density at radius 1 is 0.591 bits per heavy atom. The lowest BCUT2D eigenvalue weighted by Crippen LogP contribution is -1.79. The Labute approximate surface area is 140 Å². The van der Waals surface area contributed by atoms with Crippen LogP contribution in [0.15, 0.2) is 106 Å². The summed E-state index contributed by atoms with van der Waals surface area (Å²) in [7, 11) is 0. The molecule has 2 heteroatoms. The van der Waals surface area contributed by atoms with E-state index in [0.29, 0.717) is 0 Å². The van der Waals surface area contributed by atoms with Crippen LogP contribution in [0.2, 0.25) is 0 Å². The van der Waals surface area contributed by atoms with Gasteiger partial charge < -0.3 is 0 Å². The lowest BCUT2D eigenvalue weighted by molar-refractivity contribution is 1.47. The molecule has 0 spiro atoms. The van der Waals surface area contributed by atoms with Crippen LogP contribution in [0, 0.1) is 0 Å². The first-order valence-corrected chi connectivity index (χ1v) is 8.81. The van der Waals surface area contributed by atoms with Crippen LogP contribution in [0.5, 0.6) is 0 Å². The molecule has 3 rings (SSSR count). The van der Waals surface area contributed by atoms with Crippen LogP contribution in [0.1, 0.15) is 5.56 Å². The van der Waals surface area contributed by atoms with Crippen molar-refractivity contribution in [1.82, 2.24) is 0 Å². The predicted octanol–water partition coefficient (Wildman–Crippen LogP) is 6.57. The van der Waals surface area contributed by atoms with Gasteiger partial charge in [-0.1, -0.05) is 90.3 Å². The molecule has 0 bridgehead atoms. The molecule has 0 saturated heterocycles. The average molecular weight is 320 g/mol. The Morgan fingerprint density at radius 2 is 1.09 bits per heavy atom. The van der Waals surface area contributed by atoms with Crippen LogP contribution in [0.25, 0.3) is 4.91 Å². The van der Waals surface area contributed by atoms with Gasteiger partial charge in [0.05, 0.1) is 0 Å². The SMILES string of the molecule is C(/Sc1ccccc1)=C(/Sc1ccccc1)c1ccccc1. The molecule has 22 heavy (non-hydrogen) atoms. The number of benzene rings is 3. The molecule has 0 aliphatic rings. The zero-order chi connectivity index (χ0) is 15.0. The lowest BCUT2D eigenvalue weighted by Gasteiger charge is -2.08. The Morgan fingerprint density at radius 3 is 1.68 bits per heavy atom. The van der Waals surface area contributed by atoms with E-state index in [1.54, 1.807) is 23.5 Å². The van der Waals surface area contributed by atoms with Gasteiger partial charge in [-0.15, -0.1) is 0 Å². The summed E-state index contributed by atoms with van der Waals surface area (Å²) in [5.41, 5.74) is 1.25. The van der Waals surface area contributed by atoms with Gasteiger partial charge in [0.25, 0.3) is 0 Å². The van der Waals surface area contributed by atoms with E-state index < -0.39 is 0 Å². The van der Waals surface area contributed by atoms with Crippen molar-refractivity contribution in [3.63, 3.8) is 0 Å². The second kappa shape index (κ2) is 7.92. The fourth-order valence-electron chi connectivity index (χ4n) is 1.99. The molecule has 0 saturated carbocycles. The monoisotopic (exact) mass is 320 g/mol. The topological polar surface area (TPSA) is 0 Å². The third-order valence-electron chi connectivity index (χ3n) is 3.07. The van der Waals surface area contributed by atoms with Gasteiger partial charge in [-0.3, -0.25) is 0 Å². The molecule has 0 atom stereocenters. The van der Waals surface area contributed by atoms with E-state index in [1.165, 1.54) is 20.3 Å². The quantitative estimate of drug-likeness (QED) is 0.488. The van der Waals surface area contributed by atoms with Crippen LogP contribution in [0.3, 0.4) is 0 Å². The molecule has 0 heterocycles. The maximum Gasteiger partial charge on any atom is 0.0261 e. The summed E-state index contributed by atoms with van der Waals surface area (Å²) in [6.45, 7) is 0. The minimum absolute atomic E-state index is 1.25. The van der Waals surface area contributed by atoms with E-state index in [9.17, 15) is 0 Å². The van der Waals surface area contributed by atoms with Gasteiger partial charge in [0.2, 0.25) is 0 Å². The summed E-state index contributed by atoms with van der Waals surface area (Å²) in [5.74, 6) is 0. The van der Waals surface area contributed by atoms with Crippen molar-refractivity contribution >= 4 is 28.4 Å². The average Bonchev–Trinajstić information content (AvgIpc) is 2.61. The van der Waals surface area contributed by atoms with Crippen LogP contribution in [0.4, 0.5) is 0 Å². The van der Waals surface area contributed by atoms with Crippen LogP contribution in [-0.2, 0) is 0 Å². The van der Waals surface area contributed by atoms with Crippen molar-refractivity contribution in [3.8, 4) is 0 Å². The molecule has 3 aromatic rings. The smallest absolute Gasteiger partial charge is 0.0261 e. The molecule has 3 aromatic carbocycles. The molecule has 0 radical (unpaired) electrons. The Balaban J connectivity index is 1.86. The first-order chi connectivity index (χ1) is 10.9. The third kappa shape index (κ3) is 4.30. The molecule has 0 fully saturated rings. The molecule has 0 N–H and O–H groups in total. The standard InChI is InChI=1S/C20H16S2/c1-4-10-17(11-5-1)20(22-19-14-8-3-9-15-19)16-21-18-12-6-2-7-13-18/h1-16H/b20-16-. The number of hydrogen-bond acceptors (Lipinski definition) is 2. The van der Waals surface area contributed by atoms with Crippen molar-refractivity contribution in [1.29, 1.82) is 0 Å². The normalized spacial score (nSPS) is 11.4. The summed E-state index contributed by atoms with van der Waals surface area (Å²) < 4.78 is 0. The minimum atomic E-state index is 1.25. The predicted molar refractivity (Wildman–Crippen MR) is 99.0 cm³/mol. The zero-order valence-electron chi connectivity index (χ0n) is 12.1. The van der Waals surface area contributed by atoms with E-state index >= 15 is 0 Å². The van der Waals surface area contributed by atoms with Crippen molar-refractivity contribution in [2.24, 2.45) is 0 Å². The van der Waals surface area contributed by atoms with E-state index in [2.05, 4.69) is 90.3 Å². The summed E-state index contributed by atoms with van der Waals surface area (Å²) >= 11 is 3.56. The van der Waals surface area contributed by atoms with E-state index in [4.69, 9.17) is 0 Å². The van der Waals surface area contributed by atoms with Gasteiger partial charge in [0.1, 0.15) is 0 Å². The first kappa shape index (κ1) is 15.0. The van der Waals surface area contributed by atoms with Gasteiger partial charge in [0.15, 0.2) is 0 Å².